The molecule has 0 saturated carbocycles. The summed E-state index contributed by atoms with van der Waals surface area (Å²) >= 11 is 0. The third-order valence-electron chi connectivity index (χ3n) is 11.2. The van der Waals surface area contributed by atoms with E-state index < -0.39 is 45.5 Å². The number of unbranched alkanes of at least 4 members (excludes halogenated alkanes) is 4. The molecule has 0 amide bonds. The van der Waals surface area contributed by atoms with Crippen LogP contribution in [0.3, 0.4) is 0 Å². The first kappa shape index (κ1) is 56.9. The van der Waals surface area contributed by atoms with E-state index in [0.29, 0.717) is 51.4 Å². The fourth-order valence-electron chi connectivity index (χ4n) is 6.04. The average Bonchev–Trinajstić information content (AvgIpc) is 3.08. The van der Waals surface area contributed by atoms with E-state index in [1.54, 1.807) is 0 Å². The molecule has 0 aromatic rings. The van der Waals surface area contributed by atoms with Gasteiger partial charge in [0.25, 0.3) is 0 Å². The van der Waals surface area contributed by atoms with Crippen molar-refractivity contribution < 1.29 is 59.1 Å². The van der Waals surface area contributed by atoms with Gasteiger partial charge in [0.05, 0.1) is 0 Å². The average molecular weight is 786 g/mol. The predicted octanol–water partition coefficient (Wildman–Crippen LogP) is 6.93. The molecule has 0 aromatic heterocycles. The second-order valence-electron chi connectivity index (χ2n) is 13.5. The number of carboxylic acid groups (broad SMARTS) is 4. The molecule has 0 aliphatic carbocycles. The molecule has 0 bridgehead atoms. The number of hydrogen-bond acceptors (Lipinski definition) is 8. The van der Waals surface area contributed by atoms with Crippen LogP contribution in [-0.2, 0) is 38.7 Å². The summed E-state index contributed by atoms with van der Waals surface area (Å²) in [6, 6.07) is 0. The minimum Gasteiger partial charge on any atom is -0.550 e. The molecule has 0 radical (unpaired) electrons. The van der Waals surface area contributed by atoms with E-state index in [4.69, 9.17) is 0 Å². The molecule has 292 valence electrons. The van der Waals surface area contributed by atoms with Crippen LogP contribution in [0, 0.1) is 21.7 Å². The zero-order valence-corrected chi connectivity index (χ0v) is 35.5. The van der Waals surface area contributed by atoms with Crippen LogP contribution in [0.4, 0.5) is 0 Å². The van der Waals surface area contributed by atoms with Crippen molar-refractivity contribution in [3.8, 4) is 0 Å². The van der Waals surface area contributed by atoms with E-state index in [0.717, 1.165) is 77.0 Å². The smallest absolute Gasteiger partial charge is 0.550 e. The second kappa shape index (κ2) is 32.4. The molecule has 49 heavy (non-hydrogen) atoms. The Bertz CT molecular complexity index is 690. The number of hydrogen-bond donors (Lipinski definition) is 0. The summed E-state index contributed by atoms with van der Waals surface area (Å²) in [5, 5.41) is 43.5. The van der Waals surface area contributed by atoms with E-state index in [-0.39, 0.29) is 19.5 Å². The molecule has 9 heteroatoms. The van der Waals surface area contributed by atoms with Crippen LogP contribution in [0.2, 0.25) is 0 Å². The zero-order valence-electron chi connectivity index (χ0n) is 33.8. The third kappa shape index (κ3) is 20.8. The molecule has 0 heterocycles. The largest absolute Gasteiger partial charge is 4.00 e. The van der Waals surface area contributed by atoms with Crippen LogP contribution in [0.15, 0.2) is 0 Å². The van der Waals surface area contributed by atoms with Gasteiger partial charge < -0.3 is 39.6 Å². The van der Waals surface area contributed by atoms with Gasteiger partial charge in [-0.2, -0.15) is 0 Å². The summed E-state index contributed by atoms with van der Waals surface area (Å²) in [6.07, 6.45) is 16.7. The van der Waals surface area contributed by atoms with Crippen molar-refractivity contribution in [3.63, 3.8) is 0 Å². The number of rotatable bonds is 24. The fraction of sp³-hybridized carbons (Fsp3) is 0.900. The number of carbonyl (C=O) groups is 4. The molecular formula is C40H76O8Ru. The number of carboxylic acids is 4. The minimum atomic E-state index is -0.874. The molecule has 0 aromatic carbocycles. The molecule has 0 atom stereocenters. The molecule has 0 rings (SSSR count). The Balaban J connectivity index is -0.000000174. The molecule has 0 fully saturated rings. The summed E-state index contributed by atoms with van der Waals surface area (Å²) in [4.78, 5) is 43.5. The topological polar surface area (TPSA) is 161 Å². The molecule has 0 saturated heterocycles. The van der Waals surface area contributed by atoms with Crippen LogP contribution >= 0.6 is 0 Å². The van der Waals surface area contributed by atoms with Gasteiger partial charge in [0.15, 0.2) is 0 Å². The summed E-state index contributed by atoms with van der Waals surface area (Å²) in [7, 11) is 0. The SMILES string of the molecule is CCCCC(CC)(CC)C(=O)[O-].CCCCC(CC)(CC)C(=O)[O-].CCCCC(CC)(CC)C(=O)[O-].CCCCC(CC)(CC)C(=O)[O-].[Ru+4]. The Labute approximate surface area is 315 Å². The van der Waals surface area contributed by atoms with Crippen LogP contribution in [0.5, 0.6) is 0 Å². The van der Waals surface area contributed by atoms with Crippen molar-refractivity contribution in [1.82, 2.24) is 0 Å². The van der Waals surface area contributed by atoms with Crippen molar-refractivity contribution in [3.05, 3.63) is 0 Å². The zero-order chi connectivity index (χ0) is 38.5. The monoisotopic (exact) mass is 786 g/mol. The first-order valence-electron chi connectivity index (χ1n) is 19.4. The maximum atomic E-state index is 10.9. The quantitative estimate of drug-likeness (QED) is 0.0953. The Kier molecular flexibility index (Phi) is 37.6. The Morgan fingerprint density at radius 2 is 0.449 bits per heavy atom. The van der Waals surface area contributed by atoms with E-state index in [1.165, 1.54) is 0 Å². The summed E-state index contributed by atoms with van der Waals surface area (Å²) in [5.41, 5.74) is -2.24. The Morgan fingerprint density at radius 1 is 0.327 bits per heavy atom. The van der Waals surface area contributed by atoms with Gasteiger partial charge in [-0.05, 0) is 77.0 Å². The summed E-state index contributed by atoms with van der Waals surface area (Å²) < 4.78 is 0. The standard InChI is InChI=1S/4C10H20O2.Ru/c4*1-4-7-8-10(5-2,6-3)9(11)12;/h4*4-8H2,1-3H3,(H,11,12);/q;;;;+4/p-4. The van der Waals surface area contributed by atoms with Gasteiger partial charge in [-0.1, -0.05) is 134 Å². The van der Waals surface area contributed by atoms with E-state index in [1.807, 2.05) is 55.4 Å². The molecule has 0 unspecified atom stereocenters. The van der Waals surface area contributed by atoms with Gasteiger partial charge >= 0.3 is 19.5 Å². The van der Waals surface area contributed by atoms with Crippen LogP contribution in [0.25, 0.3) is 0 Å². The number of carbonyl (C=O) groups excluding carboxylic acids is 4. The molecular weight excluding hydrogens is 710 g/mol. The first-order chi connectivity index (χ1) is 22.5. The van der Waals surface area contributed by atoms with E-state index >= 15 is 0 Å². The van der Waals surface area contributed by atoms with Gasteiger partial charge in [0.2, 0.25) is 0 Å². The van der Waals surface area contributed by atoms with Gasteiger partial charge in [0.1, 0.15) is 0 Å². The molecule has 0 N–H and O–H groups in total. The van der Waals surface area contributed by atoms with Gasteiger partial charge in [-0.25, -0.2) is 0 Å². The van der Waals surface area contributed by atoms with Crippen molar-refractivity contribution in [1.29, 1.82) is 0 Å². The third-order valence-corrected chi connectivity index (χ3v) is 11.2. The molecule has 0 aliphatic rings. The van der Waals surface area contributed by atoms with Crippen LogP contribution < -0.4 is 20.4 Å². The second-order valence-corrected chi connectivity index (χ2v) is 13.5. The Morgan fingerprint density at radius 3 is 0.510 bits per heavy atom. The van der Waals surface area contributed by atoms with Crippen molar-refractivity contribution >= 4 is 23.9 Å². The maximum absolute atomic E-state index is 10.9. The van der Waals surface area contributed by atoms with Gasteiger partial charge in [-0.3, -0.25) is 0 Å². The van der Waals surface area contributed by atoms with Gasteiger partial charge in [0, 0.05) is 45.5 Å². The fourth-order valence-corrected chi connectivity index (χ4v) is 6.04. The summed E-state index contributed by atoms with van der Waals surface area (Å²) in [5.74, 6) is -3.50. The number of aliphatic carboxylic acids is 4. The normalized spacial score (nSPS) is 11.3. The summed E-state index contributed by atoms with van der Waals surface area (Å²) in [6.45, 7) is 23.7. The van der Waals surface area contributed by atoms with E-state index in [2.05, 4.69) is 27.7 Å². The van der Waals surface area contributed by atoms with Crippen molar-refractivity contribution in [2.45, 2.75) is 212 Å². The molecule has 0 spiro atoms. The van der Waals surface area contributed by atoms with Crippen molar-refractivity contribution in [2.24, 2.45) is 21.7 Å². The van der Waals surface area contributed by atoms with Crippen LogP contribution in [-0.4, -0.2) is 23.9 Å². The van der Waals surface area contributed by atoms with Crippen molar-refractivity contribution in [2.75, 3.05) is 0 Å². The first-order valence-corrected chi connectivity index (χ1v) is 19.4. The predicted molar refractivity (Wildman–Crippen MR) is 190 cm³/mol. The molecule has 0 aliphatic heterocycles. The van der Waals surface area contributed by atoms with E-state index in [9.17, 15) is 39.6 Å². The Hall–Kier alpha value is -1.50. The maximum Gasteiger partial charge on any atom is 4.00 e. The minimum absolute atomic E-state index is 0. The molecule has 8 nitrogen and oxygen atoms in total. The van der Waals surface area contributed by atoms with Crippen LogP contribution in [0.1, 0.15) is 212 Å². The van der Waals surface area contributed by atoms with Gasteiger partial charge in [-0.15, -0.1) is 0 Å².